The zero-order valence-corrected chi connectivity index (χ0v) is 10.9. The Bertz CT molecular complexity index is 251. The number of carbonyl (C=O) groups is 1. The molecule has 98 valence electrons. The predicted molar refractivity (Wildman–Crippen MR) is 67.7 cm³/mol. The molecule has 0 spiro atoms. The first-order valence-electron chi connectivity index (χ1n) is 7.12. The second-order valence-electron chi connectivity index (χ2n) is 5.81. The van der Waals surface area contributed by atoms with Gasteiger partial charge in [0.2, 0.25) is 5.91 Å². The summed E-state index contributed by atoms with van der Waals surface area (Å²) in [6, 6.07) is 0. The first-order valence-corrected chi connectivity index (χ1v) is 7.12. The number of amides is 1. The fourth-order valence-corrected chi connectivity index (χ4v) is 2.73. The van der Waals surface area contributed by atoms with Crippen molar-refractivity contribution < 1.29 is 9.53 Å². The SMILES string of the molecule is CC1CCCC(OCC(=O)NCC2CCC2)C1. The summed E-state index contributed by atoms with van der Waals surface area (Å²) in [5, 5.41) is 2.97. The van der Waals surface area contributed by atoms with Crippen LogP contribution in [0.2, 0.25) is 0 Å². The molecule has 0 heterocycles. The number of ether oxygens (including phenoxy) is 1. The van der Waals surface area contributed by atoms with Crippen LogP contribution in [0.3, 0.4) is 0 Å². The van der Waals surface area contributed by atoms with Gasteiger partial charge in [-0.05, 0) is 37.5 Å². The molecule has 0 bridgehead atoms. The smallest absolute Gasteiger partial charge is 0.246 e. The van der Waals surface area contributed by atoms with Gasteiger partial charge in [0.15, 0.2) is 0 Å². The molecule has 2 rings (SSSR count). The van der Waals surface area contributed by atoms with Gasteiger partial charge in [0, 0.05) is 6.54 Å². The third kappa shape index (κ3) is 4.30. The second kappa shape index (κ2) is 6.39. The van der Waals surface area contributed by atoms with Crippen molar-refractivity contribution in [1.29, 1.82) is 0 Å². The summed E-state index contributed by atoms with van der Waals surface area (Å²) < 4.78 is 5.69. The quantitative estimate of drug-likeness (QED) is 0.800. The lowest BCUT2D eigenvalue weighted by Gasteiger charge is -2.27. The molecule has 2 unspecified atom stereocenters. The van der Waals surface area contributed by atoms with Crippen molar-refractivity contribution in [1.82, 2.24) is 5.32 Å². The molecule has 2 saturated carbocycles. The van der Waals surface area contributed by atoms with E-state index in [9.17, 15) is 4.79 Å². The van der Waals surface area contributed by atoms with Gasteiger partial charge in [0.1, 0.15) is 6.61 Å². The van der Waals surface area contributed by atoms with Crippen molar-refractivity contribution in [2.45, 2.75) is 58.0 Å². The van der Waals surface area contributed by atoms with Crippen LogP contribution in [0, 0.1) is 11.8 Å². The summed E-state index contributed by atoms with van der Waals surface area (Å²) >= 11 is 0. The van der Waals surface area contributed by atoms with E-state index in [4.69, 9.17) is 4.74 Å². The van der Waals surface area contributed by atoms with Gasteiger partial charge in [-0.1, -0.05) is 26.2 Å². The summed E-state index contributed by atoms with van der Waals surface area (Å²) in [6.45, 7) is 3.37. The van der Waals surface area contributed by atoms with Crippen LogP contribution in [0.25, 0.3) is 0 Å². The van der Waals surface area contributed by atoms with Crippen LogP contribution < -0.4 is 5.32 Å². The molecule has 0 aromatic heterocycles. The van der Waals surface area contributed by atoms with E-state index in [1.165, 1.54) is 32.1 Å². The van der Waals surface area contributed by atoms with Crippen molar-refractivity contribution in [3.8, 4) is 0 Å². The van der Waals surface area contributed by atoms with Crippen LogP contribution in [-0.2, 0) is 9.53 Å². The number of carbonyl (C=O) groups excluding carboxylic acids is 1. The van der Waals surface area contributed by atoms with Crippen molar-refractivity contribution in [3.63, 3.8) is 0 Å². The molecule has 0 radical (unpaired) electrons. The minimum Gasteiger partial charge on any atom is -0.368 e. The van der Waals surface area contributed by atoms with Crippen molar-refractivity contribution in [2.24, 2.45) is 11.8 Å². The number of rotatable bonds is 5. The molecule has 1 amide bonds. The minimum absolute atomic E-state index is 0.0649. The molecule has 2 aliphatic carbocycles. The highest BCUT2D eigenvalue weighted by molar-refractivity contribution is 5.77. The van der Waals surface area contributed by atoms with Crippen LogP contribution in [0.15, 0.2) is 0 Å². The predicted octanol–water partition coefficient (Wildman–Crippen LogP) is 2.50. The molecule has 0 aromatic carbocycles. The number of nitrogens with one attached hydrogen (secondary N) is 1. The van der Waals surface area contributed by atoms with Crippen LogP contribution in [-0.4, -0.2) is 25.2 Å². The Morgan fingerprint density at radius 3 is 2.65 bits per heavy atom. The van der Waals surface area contributed by atoms with Gasteiger partial charge in [-0.15, -0.1) is 0 Å². The van der Waals surface area contributed by atoms with E-state index in [1.807, 2.05) is 0 Å². The lowest BCUT2D eigenvalue weighted by Crippen LogP contribution is -2.36. The molecule has 3 nitrogen and oxygen atoms in total. The molecule has 0 saturated heterocycles. The first-order chi connectivity index (χ1) is 8.24. The van der Waals surface area contributed by atoms with Gasteiger partial charge in [0.05, 0.1) is 6.10 Å². The Morgan fingerprint density at radius 2 is 2.00 bits per heavy atom. The maximum atomic E-state index is 11.6. The van der Waals surface area contributed by atoms with Gasteiger partial charge >= 0.3 is 0 Å². The second-order valence-corrected chi connectivity index (χ2v) is 5.81. The van der Waals surface area contributed by atoms with Gasteiger partial charge in [-0.2, -0.15) is 0 Å². The Hall–Kier alpha value is -0.570. The summed E-state index contributed by atoms with van der Waals surface area (Å²) in [4.78, 5) is 11.6. The van der Waals surface area contributed by atoms with Crippen molar-refractivity contribution in [3.05, 3.63) is 0 Å². The lowest BCUT2D eigenvalue weighted by molar-refractivity contribution is -0.129. The molecule has 3 heteroatoms. The van der Waals surface area contributed by atoms with Crippen LogP contribution in [0.4, 0.5) is 0 Å². The van der Waals surface area contributed by atoms with Crippen LogP contribution in [0.1, 0.15) is 51.9 Å². The summed E-state index contributed by atoms with van der Waals surface area (Å²) in [6.07, 6.45) is 9.01. The molecule has 0 aromatic rings. The van der Waals surface area contributed by atoms with E-state index in [1.54, 1.807) is 0 Å². The fraction of sp³-hybridized carbons (Fsp3) is 0.929. The van der Waals surface area contributed by atoms with E-state index >= 15 is 0 Å². The molecule has 2 aliphatic rings. The van der Waals surface area contributed by atoms with Gasteiger partial charge in [0.25, 0.3) is 0 Å². The molecule has 1 N–H and O–H groups in total. The molecule has 0 aliphatic heterocycles. The normalized spacial score (nSPS) is 29.7. The Kier molecular flexibility index (Phi) is 4.84. The molecular weight excluding hydrogens is 214 g/mol. The van der Waals surface area contributed by atoms with E-state index < -0.39 is 0 Å². The largest absolute Gasteiger partial charge is 0.368 e. The number of hydrogen-bond donors (Lipinski definition) is 1. The van der Waals surface area contributed by atoms with Crippen molar-refractivity contribution in [2.75, 3.05) is 13.2 Å². The maximum absolute atomic E-state index is 11.6. The summed E-state index contributed by atoms with van der Waals surface area (Å²) in [5.41, 5.74) is 0. The molecule has 2 atom stereocenters. The van der Waals surface area contributed by atoms with E-state index in [0.29, 0.717) is 6.10 Å². The monoisotopic (exact) mass is 239 g/mol. The third-order valence-electron chi connectivity index (χ3n) is 4.15. The maximum Gasteiger partial charge on any atom is 0.246 e. The number of hydrogen-bond acceptors (Lipinski definition) is 2. The summed E-state index contributed by atoms with van der Waals surface area (Å²) in [5.74, 6) is 1.55. The summed E-state index contributed by atoms with van der Waals surface area (Å²) in [7, 11) is 0. The fourth-order valence-electron chi connectivity index (χ4n) is 2.73. The molecule has 17 heavy (non-hydrogen) atoms. The van der Waals surface area contributed by atoms with E-state index in [0.717, 1.165) is 31.2 Å². The highest BCUT2D eigenvalue weighted by Gasteiger charge is 2.21. The van der Waals surface area contributed by atoms with Crippen LogP contribution in [0.5, 0.6) is 0 Å². The first kappa shape index (κ1) is 12.9. The van der Waals surface area contributed by atoms with Gasteiger partial charge in [-0.25, -0.2) is 0 Å². The van der Waals surface area contributed by atoms with Gasteiger partial charge in [-0.3, -0.25) is 4.79 Å². The topological polar surface area (TPSA) is 38.3 Å². The Balaban J connectivity index is 1.55. The van der Waals surface area contributed by atoms with E-state index in [2.05, 4.69) is 12.2 Å². The highest BCUT2D eigenvalue weighted by Crippen LogP contribution is 2.26. The minimum atomic E-state index is 0.0649. The molecule has 2 fully saturated rings. The average Bonchev–Trinajstić information content (AvgIpc) is 2.24. The van der Waals surface area contributed by atoms with E-state index in [-0.39, 0.29) is 12.5 Å². The van der Waals surface area contributed by atoms with Crippen LogP contribution >= 0.6 is 0 Å². The Labute approximate surface area is 104 Å². The highest BCUT2D eigenvalue weighted by atomic mass is 16.5. The average molecular weight is 239 g/mol. The lowest BCUT2D eigenvalue weighted by atomic mass is 9.85. The zero-order valence-electron chi connectivity index (χ0n) is 10.9. The standard InChI is InChI=1S/C14H25NO2/c1-11-4-2-7-13(8-11)17-10-14(16)15-9-12-5-3-6-12/h11-13H,2-10H2,1H3,(H,15,16). The zero-order chi connectivity index (χ0) is 12.1. The Morgan fingerprint density at radius 1 is 1.24 bits per heavy atom. The van der Waals surface area contributed by atoms with Crippen molar-refractivity contribution >= 4 is 5.91 Å². The van der Waals surface area contributed by atoms with Gasteiger partial charge < -0.3 is 10.1 Å². The molecular formula is C14H25NO2. The third-order valence-corrected chi connectivity index (χ3v) is 4.15.